The molecule has 1 atom stereocenters. The maximum atomic E-state index is 6.01. The van der Waals surface area contributed by atoms with Crippen molar-refractivity contribution in [2.45, 2.75) is 6.04 Å². The average Bonchev–Trinajstić information content (AvgIpc) is 2.49. The second-order valence-corrected chi connectivity index (χ2v) is 5.23. The van der Waals surface area contributed by atoms with Crippen LogP contribution in [0, 0.1) is 0 Å². The zero-order valence-corrected chi connectivity index (χ0v) is 13.0. The summed E-state index contributed by atoms with van der Waals surface area (Å²) in [5.41, 5.74) is 3.63. The first-order valence-electron chi connectivity index (χ1n) is 6.32. The fourth-order valence-corrected chi connectivity index (χ4v) is 2.25. The number of benzene rings is 2. The van der Waals surface area contributed by atoms with Crippen molar-refractivity contribution in [1.29, 1.82) is 0 Å². The Morgan fingerprint density at radius 2 is 2.00 bits per heavy atom. The highest BCUT2D eigenvalue weighted by molar-refractivity contribution is 6.32. The molecule has 0 fully saturated rings. The summed E-state index contributed by atoms with van der Waals surface area (Å²) in [5.74, 6) is 6.88. The Hall–Kier alpha value is -1.46. The standard InChI is InChI=1S/C15H16Cl2N2O2/c1-20-15-7-10(5-6-13(15)17)14(19-18)9-21-12-4-2-3-11(16)8-12/h2-8,14,19H,9,18H2,1H3. The topological polar surface area (TPSA) is 56.5 Å². The van der Waals surface area contributed by atoms with Crippen molar-refractivity contribution in [2.24, 2.45) is 5.84 Å². The molecule has 0 bridgehead atoms. The van der Waals surface area contributed by atoms with Gasteiger partial charge in [0.2, 0.25) is 0 Å². The molecule has 0 aliphatic carbocycles. The van der Waals surface area contributed by atoms with E-state index in [0.717, 1.165) is 5.56 Å². The zero-order valence-electron chi connectivity index (χ0n) is 11.5. The number of methoxy groups -OCH3 is 1. The van der Waals surface area contributed by atoms with Crippen LogP contribution in [0.4, 0.5) is 0 Å². The Morgan fingerprint density at radius 1 is 1.19 bits per heavy atom. The van der Waals surface area contributed by atoms with E-state index in [1.165, 1.54) is 0 Å². The number of nitrogens with two attached hydrogens (primary N) is 1. The maximum Gasteiger partial charge on any atom is 0.137 e. The van der Waals surface area contributed by atoms with Gasteiger partial charge in [0, 0.05) is 5.02 Å². The van der Waals surface area contributed by atoms with E-state index in [0.29, 0.717) is 28.2 Å². The van der Waals surface area contributed by atoms with E-state index in [1.807, 2.05) is 24.3 Å². The van der Waals surface area contributed by atoms with E-state index in [9.17, 15) is 0 Å². The number of halogens is 2. The molecule has 0 aliphatic rings. The zero-order chi connectivity index (χ0) is 15.2. The van der Waals surface area contributed by atoms with Crippen LogP contribution in [0.2, 0.25) is 10.0 Å². The van der Waals surface area contributed by atoms with E-state index in [1.54, 1.807) is 25.3 Å². The number of rotatable bonds is 6. The van der Waals surface area contributed by atoms with Gasteiger partial charge in [-0.25, -0.2) is 5.43 Å². The third-order valence-electron chi connectivity index (χ3n) is 2.99. The van der Waals surface area contributed by atoms with Crippen LogP contribution in [-0.2, 0) is 0 Å². The van der Waals surface area contributed by atoms with Crippen molar-refractivity contribution in [3.63, 3.8) is 0 Å². The van der Waals surface area contributed by atoms with E-state index in [-0.39, 0.29) is 6.04 Å². The summed E-state index contributed by atoms with van der Waals surface area (Å²) >= 11 is 11.9. The number of nitrogens with one attached hydrogen (secondary N) is 1. The molecule has 0 aliphatic heterocycles. The molecule has 0 heterocycles. The Labute approximate surface area is 133 Å². The molecule has 4 nitrogen and oxygen atoms in total. The minimum atomic E-state index is -0.199. The van der Waals surface area contributed by atoms with Crippen molar-refractivity contribution < 1.29 is 9.47 Å². The number of hydrogen-bond donors (Lipinski definition) is 2. The lowest BCUT2D eigenvalue weighted by atomic mass is 10.1. The van der Waals surface area contributed by atoms with Gasteiger partial charge in [0.05, 0.1) is 18.2 Å². The molecule has 2 aromatic carbocycles. The van der Waals surface area contributed by atoms with Crippen molar-refractivity contribution in [3.8, 4) is 11.5 Å². The molecule has 2 aromatic rings. The number of ether oxygens (including phenoxy) is 2. The molecule has 0 amide bonds. The smallest absolute Gasteiger partial charge is 0.137 e. The lowest BCUT2D eigenvalue weighted by molar-refractivity contribution is 0.267. The fraction of sp³-hybridized carbons (Fsp3) is 0.200. The molecule has 0 aromatic heterocycles. The molecular formula is C15H16Cl2N2O2. The van der Waals surface area contributed by atoms with Crippen molar-refractivity contribution >= 4 is 23.2 Å². The molecule has 3 N–H and O–H groups in total. The quantitative estimate of drug-likeness (QED) is 0.629. The van der Waals surface area contributed by atoms with Crippen LogP contribution in [0.1, 0.15) is 11.6 Å². The molecule has 1 unspecified atom stereocenters. The van der Waals surface area contributed by atoms with Crippen LogP contribution in [0.25, 0.3) is 0 Å². The molecular weight excluding hydrogens is 311 g/mol. The van der Waals surface area contributed by atoms with E-state index in [4.69, 9.17) is 38.5 Å². The Kier molecular flexibility index (Phi) is 5.70. The first-order valence-corrected chi connectivity index (χ1v) is 7.07. The van der Waals surface area contributed by atoms with Crippen LogP contribution in [0.15, 0.2) is 42.5 Å². The van der Waals surface area contributed by atoms with Crippen molar-refractivity contribution in [1.82, 2.24) is 5.43 Å². The Balaban J connectivity index is 2.09. The van der Waals surface area contributed by atoms with Gasteiger partial charge < -0.3 is 9.47 Å². The monoisotopic (exact) mass is 326 g/mol. The lowest BCUT2D eigenvalue weighted by Gasteiger charge is -2.18. The van der Waals surface area contributed by atoms with E-state index >= 15 is 0 Å². The SMILES string of the molecule is COc1cc(C(COc2cccc(Cl)c2)NN)ccc1Cl. The van der Waals surface area contributed by atoms with Crippen LogP contribution in [0.5, 0.6) is 11.5 Å². The molecule has 0 spiro atoms. The van der Waals surface area contributed by atoms with Gasteiger partial charge in [-0.2, -0.15) is 0 Å². The minimum absolute atomic E-state index is 0.199. The normalized spacial score (nSPS) is 12.0. The third-order valence-corrected chi connectivity index (χ3v) is 3.54. The molecule has 2 rings (SSSR count). The molecule has 0 saturated heterocycles. The van der Waals surface area contributed by atoms with Crippen LogP contribution >= 0.6 is 23.2 Å². The van der Waals surface area contributed by atoms with Gasteiger partial charge >= 0.3 is 0 Å². The summed E-state index contributed by atoms with van der Waals surface area (Å²) in [6.45, 7) is 0.349. The molecule has 6 heteroatoms. The highest BCUT2D eigenvalue weighted by atomic mass is 35.5. The first kappa shape index (κ1) is 15.9. The largest absolute Gasteiger partial charge is 0.495 e. The Bertz CT molecular complexity index is 608. The molecule has 0 radical (unpaired) electrons. The molecule has 112 valence electrons. The van der Waals surface area contributed by atoms with Gasteiger partial charge in [-0.1, -0.05) is 35.3 Å². The van der Waals surface area contributed by atoms with Gasteiger partial charge in [0.25, 0.3) is 0 Å². The molecule has 0 saturated carbocycles. The highest BCUT2D eigenvalue weighted by Gasteiger charge is 2.13. The van der Waals surface area contributed by atoms with Gasteiger partial charge in [0.1, 0.15) is 18.1 Å². The van der Waals surface area contributed by atoms with E-state index in [2.05, 4.69) is 5.43 Å². The van der Waals surface area contributed by atoms with Crippen molar-refractivity contribution in [3.05, 3.63) is 58.1 Å². The van der Waals surface area contributed by atoms with Gasteiger partial charge in [-0.05, 0) is 35.9 Å². The summed E-state index contributed by atoms with van der Waals surface area (Å²) < 4.78 is 10.9. The second-order valence-electron chi connectivity index (χ2n) is 4.38. The van der Waals surface area contributed by atoms with Gasteiger partial charge in [0.15, 0.2) is 0 Å². The summed E-state index contributed by atoms with van der Waals surface area (Å²) in [7, 11) is 1.57. The first-order chi connectivity index (χ1) is 10.1. The van der Waals surface area contributed by atoms with Crippen molar-refractivity contribution in [2.75, 3.05) is 13.7 Å². The fourth-order valence-electron chi connectivity index (χ4n) is 1.87. The third kappa shape index (κ3) is 4.25. The second kappa shape index (κ2) is 7.52. The number of hydrazine groups is 1. The van der Waals surface area contributed by atoms with Crippen LogP contribution < -0.4 is 20.7 Å². The average molecular weight is 327 g/mol. The predicted molar refractivity (Wildman–Crippen MR) is 85.0 cm³/mol. The minimum Gasteiger partial charge on any atom is -0.495 e. The summed E-state index contributed by atoms with van der Waals surface area (Å²) in [5, 5.41) is 1.17. The lowest BCUT2D eigenvalue weighted by Crippen LogP contribution is -2.32. The van der Waals surface area contributed by atoms with Gasteiger partial charge in [-0.3, -0.25) is 5.84 Å². The highest BCUT2D eigenvalue weighted by Crippen LogP contribution is 2.28. The number of hydrogen-bond acceptors (Lipinski definition) is 4. The summed E-state index contributed by atoms with van der Waals surface area (Å²) in [6, 6.07) is 12.5. The summed E-state index contributed by atoms with van der Waals surface area (Å²) in [6.07, 6.45) is 0. The van der Waals surface area contributed by atoms with Crippen LogP contribution in [-0.4, -0.2) is 13.7 Å². The Morgan fingerprint density at radius 3 is 2.67 bits per heavy atom. The predicted octanol–water partition coefficient (Wildman–Crippen LogP) is 3.59. The van der Waals surface area contributed by atoms with Crippen LogP contribution in [0.3, 0.4) is 0 Å². The van der Waals surface area contributed by atoms with E-state index < -0.39 is 0 Å². The molecule has 21 heavy (non-hydrogen) atoms. The summed E-state index contributed by atoms with van der Waals surface area (Å²) in [4.78, 5) is 0. The van der Waals surface area contributed by atoms with Gasteiger partial charge in [-0.15, -0.1) is 0 Å². The maximum absolute atomic E-state index is 6.01.